The summed E-state index contributed by atoms with van der Waals surface area (Å²) in [5.74, 6) is -0.898. The van der Waals surface area contributed by atoms with E-state index >= 15 is 0 Å². The van der Waals surface area contributed by atoms with E-state index < -0.39 is 5.97 Å². The minimum absolute atomic E-state index is 0.0433. The van der Waals surface area contributed by atoms with Gasteiger partial charge in [-0.15, -0.1) is 0 Å². The summed E-state index contributed by atoms with van der Waals surface area (Å²) in [7, 11) is 1.62. The highest BCUT2D eigenvalue weighted by Crippen LogP contribution is 2.31. The summed E-state index contributed by atoms with van der Waals surface area (Å²) in [6.45, 7) is 2.92. The summed E-state index contributed by atoms with van der Waals surface area (Å²) in [6, 6.07) is 10.3. The van der Waals surface area contributed by atoms with Crippen LogP contribution in [0.2, 0.25) is 0 Å². The molecule has 6 nitrogen and oxygen atoms in total. The third kappa shape index (κ3) is 5.74. The quantitative estimate of drug-likeness (QED) is 0.675. The molecular weight excluding hydrogens is 318 g/mol. The number of nitrogens with zero attached hydrogens (tertiary/aromatic N) is 1. The van der Waals surface area contributed by atoms with Crippen LogP contribution in [0.3, 0.4) is 0 Å². The highest BCUT2D eigenvalue weighted by atomic mass is 16.4. The summed E-state index contributed by atoms with van der Waals surface area (Å²) in [4.78, 5) is 24.3. The fraction of sp³-hybridized carbons (Fsp3) is 0.579. The van der Waals surface area contributed by atoms with E-state index in [0.29, 0.717) is 6.54 Å². The lowest BCUT2D eigenvalue weighted by Gasteiger charge is -2.35. The first-order chi connectivity index (χ1) is 11.9. The normalized spacial score (nSPS) is 17.0. The number of hydrogen-bond acceptors (Lipinski definition) is 3. The predicted octanol–water partition coefficient (Wildman–Crippen LogP) is 2.77. The molecule has 1 unspecified atom stereocenters. The Bertz CT molecular complexity index is 571. The first-order valence-electron chi connectivity index (χ1n) is 8.95. The highest BCUT2D eigenvalue weighted by molar-refractivity contribution is 5.75. The number of nitrogens with one attached hydrogen (secondary N) is 2. The number of urea groups is 1. The molecule has 2 rings (SSSR count). The van der Waals surface area contributed by atoms with Crippen LogP contribution >= 0.6 is 0 Å². The number of carboxylic acid groups (broad SMARTS) is 1. The van der Waals surface area contributed by atoms with Gasteiger partial charge in [0, 0.05) is 31.7 Å². The maximum Gasteiger partial charge on any atom is 0.317 e. The van der Waals surface area contributed by atoms with E-state index in [1.165, 1.54) is 10.5 Å². The van der Waals surface area contributed by atoms with E-state index in [1.807, 2.05) is 18.2 Å². The lowest BCUT2D eigenvalue weighted by molar-refractivity contribution is -0.137. The van der Waals surface area contributed by atoms with Gasteiger partial charge in [0.25, 0.3) is 0 Å². The third-order valence-electron chi connectivity index (χ3n) is 4.97. The second-order valence-electron chi connectivity index (χ2n) is 6.99. The van der Waals surface area contributed by atoms with Crippen LogP contribution in [0.4, 0.5) is 4.79 Å². The van der Waals surface area contributed by atoms with Gasteiger partial charge in [0.1, 0.15) is 0 Å². The van der Waals surface area contributed by atoms with Crippen LogP contribution in [0, 0.1) is 0 Å². The third-order valence-corrected chi connectivity index (χ3v) is 4.97. The van der Waals surface area contributed by atoms with Crippen molar-refractivity contribution in [2.75, 3.05) is 20.1 Å². The van der Waals surface area contributed by atoms with Gasteiger partial charge in [-0.2, -0.15) is 0 Å². The van der Waals surface area contributed by atoms with Crippen LogP contribution in [-0.2, 0) is 4.79 Å². The van der Waals surface area contributed by atoms with Gasteiger partial charge in [0.05, 0.1) is 6.42 Å². The Morgan fingerprint density at radius 3 is 2.48 bits per heavy atom. The van der Waals surface area contributed by atoms with Crippen molar-refractivity contribution in [1.29, 1.82) is 0 Å². The van der Waals surface area contributed by atoms with Crippen molar-refractivity contribution in [3.8, 4) is 0 Å². The Morgan fingerprint density at radius 2 is 1.88 bits per heavy atom. The van der Waals surface area contributed by atoms with Crippen LogP contribution in [-0.4, -0.2) is 47.7 Å². The van der Waals surface area contributed by atoms with Crippen LogP contribution in [0.1, 0.15) is 50.6 Å². The zero-order valence-electron chi connectivity index (χ0n) is 15.1. The summed E-state index contributed by atoms with van der Waals surface area (Å²) < 4.78 is 0. The lowest BCUT2D eigenvalue weighted by atomic mass is 9.94. The molecule has 1 fully saturated rings. The fourth-order valence-corrected chi connectivity index (χ4v) is 3.45. The number of rotatable bonds is 8. The molecule has 138 valence electrons. The van der Waals surface area contributed by atoms with E-state index in [1.54, 1.807) is 7.05 Å². The minimum Gasteiger partial charge on any atom is -0.481 e. The molecule has 2 amide bonds. The summed E-state index contributed by atoms with van der Waals surface area (Å²) in [5, 5.41) is 15.4. The molecule has 1 atom stereocenters. The van der Waals surface area contributed by atoms with Crippen LogP contribution in [0.25, 0.3) is 0 Å². The fourth-order valence-electron chi connectivity index (χ4n) is 3.45. The number of benzene rings is 1. The number of carbonyl (C=O) groups is 2. The van der Waals surface area contributed by atoms with Gasteiger partial charge < -0.3 is 20.6 Å². The van der Waals surface area contributed by atoms with E-state index in [-0.39, 0.29) is 30.6 Å². The van der Waals surface area contributed by atoms with Crippen LogP contribution in [0.15, 0.2) is 30.3 Å². The number of carboxylic acids is 1. The predicted molar refractivity (Wildman–Crippen MR) is 97.5 cm³/mol. The van der Waals surface area contributed by atoms with Gasteiger partial charge in [-0.1, -0.05) is 43.2 Å². The van der Waals surface area contributed by atoms with E-state index in [0.717, 1.165) is 25.7 Å². The van der Waals surface area contributed by atoms with Crippen molar-refractivity contribution in [2.45, 2.75) is 50.6 Å². The summed E-state index contributed by atoms with van der Waals surface area (Å²) >= 11 is 0. The Balaban J connectivity index is 1.91. The Hall–Kier alpha value is -2.08. The molecule has 0 aromatic heterocycles. The molecule has 1 aliphatic carbocycles. The second kappa shape index (κ2) is 8.85. The second-order valence-corrected chi connectivity index (χ2v) is 6.99. The molecule has 1 saturated carbocycles. The average Bonchev–Trinajstić information content (AvgIpc) is 3.07. The molecule has 0 aliphatic heterocycles. The first-order valence-corrected chi connectivity index (χ1v) is 8.95. The molecule has 0 radical (unpaired) electrons. The van der Waals surface area contributed by atoms with Crippen molar-refractivity contribution in [1.82, 2.24) is 15.5 Å². The number of aliphatic carboxylic acids is 1. The SMILES string of the molecule is CC(NC1(CNC(=O)N(C)CCC(=O)O)CCCC1)c1ccccc1. The maximum atomic E-state index is 12.2. The molecule has 0 saturated heterocycles. The molecule has 1 aliphatic rings. The Kier molecular flexibility index (Phi) is 6.82. The number of amides is 2. The zero-order valence-corrected chi connectivity index (χ0v) is 15.1. The van der Waals surface area contributed by atoms with Gasteiger partial charge in [-0.25, -0.2) is 4.79 Å². The zero-order chi connectivity index (χ0) is 18.3. The maximum absolute atomic E-state index is 12.2. The largest absolute Gasteiger partial charge is 0.481 e. The highest BCUT2D eigenvalue weighted by Gasteiger charge is 2.35. The number of carbonyl (C=O) groups excluding carboxylic acids is 1. The molecule has 1 aromatic rings. The molecule has 0 heterocycles. The smallest absolute Gasteiger partial charge is 0.317 e. The van der Waals surface area contributed by atoms with Crippen LogP contribution in [0.5, 0.6) is 0 Å². The van der Waals surface area contributed by atoms with Gasteiger partial charge >= 0.3 is 12.0 Å². The van der Waals surface area contributed by atoms with Crippen molar-refractivity contribution < 1.29 is 14.7 Å². The van der Waals surface area contributed by atoms with Crippen molar-refractivity contribution in [3.05, 3.63) is 35.9 Å². The lowest BCUT2D eigenvalue weighted by Crippen LogP contribution is -2.54. The van der Waals surface area contributed by atoms with E-state index in [2.05, 4.69) is 29.7 Å². The summed E-state index contributed by atoms with van der Waals surface area (Å²) in [6.07, 6.45) is 4.32. The van der Waals surface area contributed by atoms with E-state index in [4.69, 9.17) is 5.11 Å². The molecule has 1 aromatic carbocycles. The van der Waals surface area contributed by atoms with Gasteiger partial charge in [-0.05, 0) is 25.3 Å². The Labute approximate surface area is 149 Å². The topological polar surface area (TPSA) is 81.7 Å². The molecule has 3 N–H and O–H groups in total. The van der Waals surface area contributed by atoms with E-state index in [9.17, 15) is 9.59 Å². The van der Waals surface area contributed by atoms with Crippen LogP contribution < -0.4 is 10.6 Å². The van der Waals surface area contributed by atoms with Crippen molar-refractivity contribution >= 4 is 12.0 Å². The van der Waals surface area contributed by atoms with Gasteiger partial charge in [-0.3, -0.25) is 4.79 Å². The molecule has 0 spiro atoms. The standard InChI is InChI=1S/C19H29N3O3/c1-15(16-8-4-3-5-9-16)21-19(11-6-7-12-19)14-20-18(25)22(2)13-10-17(23)24/h3-5,8-9,15,21H,6-7,10-14H2,1-2H3,(H,20,25)(H,23,24). The average molecular weight is 347 g/mol. The van der Waals surface area contributed by atoms with Gasteiger partial charge in [0.2, 0.25) is 0 Å². The molecular formula is C19H29N3O3. The van der Waals surface area contributed by atoms with Crippen molar-refractivity contribution in [2.24, 2.45) is 0 Å². The Morgan fingerprint density at radius 1 is 1.24 bits per heavy atom. The molecule has 25 heavy (non-hydrogen) atoms. The minimum atomic E-state index is -0.898. The molecule has 6 heteroatoms. The molecule has 0 bridgehead atoms. The van der Waals surface area contributed by atoms with Gasteiger partial charge in [0.15, 0.2) is 0 Å². The first kappa shape index (κ1) is 19.2. The number of hydrogen-bond donors (Lipinski definition) is 3. The summed E-state index contributed by atoms with van der Waals surface area (Å²) in [5.41, 5.74) is 1.14. The van der Waals surface area contributed by atoms with Crippen molar-refractivity contribution in [3.63, 3.8) is 0 Å². The monoisotopic (exact) mass is 347 g/mol.